The van der Waals surface area contributed by atoms with E-state index >= 15 is 0 Å². The molecule has 37 heavy (non-hydrogen) atoms. The minimum Gasteiger partial charge on any atom is -0.480 e. The molecule has 1 unspecified atom stereocenters. The number of carbonyl (C=O) groups is 3. The Morgan fingerprint density at radius 1 is 1.05 bits per heavy atom. The Labute approximate surface area is 217 Å². The van der Waals surface area contributed by atoms with Crippen LogP contribution in [0, 0.1) is 39.9 Å². The normalized spacial score (nSPS) is 27.8. The van der Waals surface area contributed by atoms with E-state index in [2.05, 4.69) is 10.3 Å². The number of fused-ring (bicyclic) bond motifs is 1. The molecule has 3 N–H and O–H groups in total. The van der Waals surface area contributed by atoms with Gasteiger partial charge in [-0.3, -0.25) is 18.8 Å². The van der Waals surface area contributed by atoms with Crippen LogP contribution in [-0.2, 0) is 16.0 Å². The summed E-state index contributed by atoms with van der Waals surface area (Å²) >= 11 is 0. The molecule has 4 aliphatic carbocycles. The number of aliphatic carboxylic acids is 2. The van der Waals surface area contributed by atoms with Gasteiger partial charge in [-0.15, -0.1) is 0 Å². The Hall–Kier alpha value is -2.90. The van der Waals surface area contributed by atoms with Gasteiger partial charge in [0.2, 0.25) is 0 Å². The van der Waals surface area contributed by atoms with E-state index in [1.807, 2.05) is 20.8 Å². The van der Waals surface area contributed by atoms with Crippen molar-refractivity contribution in [3.8, 4) is 0 Å². The molecule has 1 atom stereocenters. The third-order valence-electron chi connectivity index (χ3n) is 9.83. The van der Waals surface area contributed by atoms with Crippen LogP contribution in [0.2, 0.25) is 0 Å². The second kappa shape index (κ2) is 8.84. The molecule has 4 bridgehead atoms. The molecule has 4 fully saturated rings. The molecule has 2 aromatic heterocycles. The van der Waals surface area contributed by atoms with E-state index in [4.69, 9.17) is 0 Å². The predicted octanol–water partition coefficient (Wildman–Crippen LogP) is 4.66. The zero-order valence-corrected chi connectivity index (χ0v) is 22.3. The summed E-state index contributed by atoms with van der Waals surface area (Å²) in [5, 5.41) is 23.4. The fraction of sp³-hybridized carbons (Fsp3) is 0.655. The molecule has 0 aromatic carbocycles. The van der Waals surface area contributed by atoms with Gasteiger partial charge in [0.1, 0.15) is 11.3 Å². The second-order valence-corrected chi connectivity index (χ2v) is 13.3. The third-order valence-corrected chi connectivity index (χ3v) is 9.83. The molecule has 1 amide bonds. The molecule has 2 heterocycles. The molecule has 200 valence electrons. The van der Waals surface area contributed by atoms with Crippen molar-refractivity contribution in [2.45, 2.75) is 72.6 Å². The van der Waals surface area contributed by atoms with E-state index in [-0.39, 0.29) is 17.7 Å². The molecular weight excluding hydrogens is 470 g/mol. The lowest BCUT2D eigenvalue weighted by Crippen LogP contribution is -2.51. The Morgan fingerprint density at radius 2 is 1.62 bits per heavy atom. The second-order valence-electron chi connectivity index (χ2n) is 13.3. The van der Waals surface area contributed by atoms with E-state index in [0.29, 0.717) is 23.6 Å². The van der Waals surface area contributed by atoms with Gasteiger partial charge in [0.15, 0.2) is 5.41 Å². The van der Waals surface area contributed by atoms with Crippen molar-refractivity contribution in [3.63, 3.8) is 0 Å². The number of carboxylic acids is 2. The molecule has 6 rings (SSSR count). The van der Waals surface area contributed by atoms with Gasteiger partial charge in [-0.25, -0.2) is 4.98 Å². The Kier molecular flexibility index (Phi) is 6.15. The summed E-state index contributed by atoms with van der Waals surface area (Å²) in [7, 11) is 0. The number of amides is 1. The standard InChI is InChI=1S/C29H39N3O5/c1-17(27(2,3)4)29(25(34)35,26(36)37)14-21-15-32-22(6-5-7-23(32)31-21)24(33)30-16-28-11-18-8-19(12-28)10-20(9-18)13-28/h5-7,15,17-20H,8-14,16H2,1-4H3,(H,30,33)(H,34,35)(H,36,37). The topological polar surface area (TPSA) is 121 Å². The van der Waals surface area contributed by atoms with Crippen LogP contribution in [-0.4, -0.2) is 44.0 Å². The summed E-state index contributed by atoms with van der Waals surface area (Å²) in [6.07, 6.45) is 9.02. The number of nitrogens with zero attached hydrogens (tertiary/aromatic N) is 2. The zero-order valence-electron chi connectivity index (χ0n) is 22.3. The predicted molar refractivity (Wildman–Crippen MR) is 138 cm³/mol. The summed E-state index contributed by atoms with van der Waals surface area (Å²) in [6.45, 7) is 7.87. The monoisotopic (exact) mass is 509 g/mol. The number of pyridine rings is 1. The summed E-state index contributed by atoms with van der Waals surface area (Å²) < 4.78 is 1.65. The molecule has 4 saturated carbocycles. The largest absolute Gasteiger partial charge is 0.480 e. The van der Waals surface area contributed by atoms with Crippen molar-refractivity contribution in [1.29, 1.82) is 0 Å². The first-order chi connectivity index (χ1) is 17.3. The molecule has 0 radical (unpaired) electrons. The molecule has 0 saturated heterocycles. The molecule has 0 spiro atoms. The van der Waals surface area contributed by atoms with Crippen molar-refractivity contribution in [2.24, 2.45) is 39.9 Å². The van der Waals surface area contributed by atoms with Crippen LogP contribution in [0.5, 0.6) is 0 Å². The first-order valence-electron chi connectivity index (χ1n) is 13.5. The van der Waals surface area contributed by atoms with E-state index in [1.165, 1.54) is 38.5 Å². The SMILES string of the molecule is CC(C(C)(C)C)C(Cc1cn2c(C(=O)NCC34CC5CC(CC(C5)C3)C4)cccc2n1)(C(=O)O)C(=O)O. The van der Waals surface area contributed by atoms with Crippen LogP contribution in [0.15, 0.2) is 24.4 Å². The van der Waals surface area contributed by atoms with Crippen LogP contribution >= 0.6 is 0 Å². The first kappa shape index (κ1) is 25.7. The lowest BCUT2D eigenvalue weighted by molar-refractivity contribution is -0.172. The average Bonchev–Trinajstić information content (AvgIpc) is 3.21. The zero-order chi connectivity index (χ0) is 26.8. The van der Waals surface area contributed by atoms with Crippen LogP contribution in [0.1, 0.15) is 82.4 Å². The van der Waals surface area contributed by atoms with Gasteiger partial charge in [0.25, 0.3) is 5.91 Å². The fourth-order valence-corrected chi connectivity index (χ4v) is 7.99. The highest BCUT2D eigenvalue weighted by molar-refractivity contribution is 5.99. The van der Waals surface area contributed by atoms with Crippen LogP contribution in [0.3, 0.4) is 0 Å². The van der Waals surface area contributed by atoms with Crippen LogP contribution < -0.4 is 5.32 Å². The molecule has 0 aliphatic heterocycles. The van der Waals surface area contributed by atoms with Crippen molar-refractivity contribution in [2.75, 3.05) is 6.54 Å². The number of hydrogen-bond acceptors (Lipinski definition) is 4. The van der Waals surface area contributed by atoms with Gasteiger partial charge < -0.3 is 15.5 Å². The maximum Gasteiger partial charge on any atom is 0.321 e. The Morgan fingerprint density at radius 3 is 2.14 bits per heavy atom. The number of rotatable bonds is 8. The van der Waals surface area contributed by atoms with Gasteiger partial charge in [0.05, 0.1) is 5.69 Å². The maximum absolute atomic E-state index is 13.4. The van der Waals surface area contributed by atoms with E-state index in [9.17, 15) is 24.6 Å². The maximum atomic E-state index is 13.4. The van der Waals surface area contributed by atoms with E-state index in [1.54, 1.807) is 35.7 Å². The van der Waals surface area contributed by atoms with Crippen molar-refractivity contribution in [3.05, 3.63) is 35.8 Å². The fourth-order valence-electron chi connectivity index (χ4n) is 7.99. The number of aromatic nitrogens is 2. The quantitative estimate of drug-likeness (QED) is 0.445. The number of hydrogen-bond donors (Lipinski definition) is 3. The van der Waals surface area contributed by atoms with Crippen LogP contribution in [0.4, 0.5) is 0 Å². The molecule has 8 heteroatoms. The highest BCUT2D eigenvalue weighted by Gasteiger charge is 2.55. The third kappa shape index (κ3) is 4.42. The summed E-state index contributed by atoms with van der Waals surface area (Å²) in [4.78, 5) is 42.7. The number of nitrogens with one attached hydrogen (secondary N) is 1. The Bertz CT molecular complexity index is 1190. The number of imidazole rings is 1. The minimum atomic E-state index is -2.04. The van der Waals surface area contributed by atoms with Gasteiger partial charge in [-0.1, -0.05) is 33.8 Å². The molecule has 2 aromatic rings. The van der Waals surface area contributed by atoms with Crippen molar-refractivity contribution < 1.29 is 24.6 Å². The van der Waals surface area contributed by atoms with E-state index in [0.717, 1.165) is 17.8 Å². The highest BCUT2D eigenvalue weighted by atomic mass is 16.4. The van der Waals surface area contributed by atoms with Crippen molar-refractivity contribution in [1.82, 2.24) is 14.7 Å². The lowest BCUT2D eigenvalue weighted by atomic mass is 9.49. The number of carboxylic acid groups (broad SMARTS) is 2. The Balaban J connectivity index is 1.39. The van der Waals surface area contributed by atoms with Gasteiger partial charge in [0, 0.05) is 19.2 Å². The summed E-state index contributed by atoms with van der Waals surface area (Å²) in [6, 6.07) is 5.23. The van der Waals surface area contributed by atoms with Gasteiger partial charge in [-0.05, 0) is 85.2 Å². The van der Waals surface area contributed by atoms with Crippen molar-refractivity contribution >= 4 is 23.5 Å². The molecule has 4 aliphatic rings. The average molecular weight is 510 g/mol. The van der Waals surface area contributed by atoms with Gasteiger partial charge in [-0.2, -0.15) is 0 Å². The molecular formula is C29H39N3O5. The molecule has 8 nitrogen and oxygen atoms in total. The first-order valence-corrected chi connectivity index (χ1v) is 13.5. The number of carbonyl (C=O) groups excluding carboxylic acids is 1. The smallest absolute Gasteiger partial charge is 0.321 e. The minimum absolute atomic E-state index is 0.184. The van der Waals surface area contributed by atoms with Crippen LogP contribution in [0.25, 0.3) is 5.65 Å². The van der Waals surface area contributed by atoms with E-state index < -0.39 is 28.7 Å². The summed E-state index contributed by atoms with van der Waals surface area (Å²) in [5.41, 5.74) is -1.15. The lowest BCUT2D eigenvalue weighted by Gasteiger charge is -2.56. The summed E-state index contributed by atoms with van der Waals surface area (Å²) in [5.74, 6) is -1.20. The van der Waals surface area contributed by atoms with Gasteiger partial charge >= 0.3 is 11.9 Å². The highest BCUT2D eigenvalue weighted by Crippen LogP contribution is 2.59.